The number of rotatable bonds is 5. The molecule has 7 nitrogen and oxygen atoms in total. The number of thiophene rings is 1. The number of amides is 2. The second-order valence-corrected chi connectivity index (χ2v) is 8.98. The van der Waals surface area contributed by atoms with E-state index >= 15 is 0 Å². The number of carbonyl (C=O) groups excluding carboxylic acids is 2. The summed E-state index contributed by atoms with van der Waals surface area (Å²) < 4.78 is 0. The summed E-state index contributed by atoms with van der Waals surface area (Å²) in [6, 6.07) is 3.91. The average Bonchev–Trinajstić information content (AvgIpc) is 3.43. The lowest BCUT2D eigenvalue weighted by molar-refractivity contribution is 0.0794. The number of nitrogens with zero attached hydrogens (tertiary/aromatic N) is 3. The van der Waals surface area contributed by atoms with Crippen LogP contribution in [0.2, 0.25) is 0 Å². The van der Waals surface area contributed by atoms with Crippen LogP contribution in [0.3, 0.4) is 0 Å². The smallest absolute Gasteiger partial charge is 0.265 e. The molecule has 2 amide bonds. The third-order valence-electron chi connectivity index (χ3n) is 5.14. The molecule has 0 saturated carbocycles. The molecular weight excluding hydrogens is 406 g/mol. The molecule has 4 rings (SSSR count). The lowest BCUT2D eigenvalue weighted by atomic mass is 9.95. The van der Waals surface area contributed by atoms with Crippen LogP contribution in [-0.2, 0) is 0 Å². The van der Waals surface area contributed by atoms with E-state index in [1.165, 1.54) is 22.7 Å². The summed E-state index contributed by atoms with van der Waals surface area (Å²) in [4.78, 5) is 38.6. The molecule has 0 radical (unpaired) electrons. The van der Waals surface area contributed by atoms with Gasteiger partial charge in [-0.15, -0.1) is 11.3 Å². The zero-order valence-electron chi connectivity index (χ0n) is 16.6. The summed E-state index contributed by atoms with van der Waals surface area (Å²) in [6.45, 7) is 5.92. The summed E-state index contributed by atoms with van der Waals surface area (Å²) in [7, 11) is 1.64. The maximum atomic E-state index is 13.1. The molecular formula is C20H23N5O2S2. The Hall–Kier alpha value is -2.52. The molecule has 9 heteroatoms. The van der Waals surface area contributed by atoms with E-state index in [1.807, 2.05) is 30.9 Å². The number of hydrogen-bond acceptors (Lipinski definition) is 7. The molecule has 3 aromatic rings. The van der Waals surface area contributed by atoms with Crippen LogP contribution < -0.4 is 10.6 Å². The minimum Gasteiger partial charge on any atom is -0.362 e. The molecule has 0 aromatic carbocycles. The Morgan fingerprint density at radius 1 is 1.31 bits per heavy atom. The van der Waals surface area contributed by atoms with E-state index in [1.54, 1.807) is 13.2 Å². The molecule has 0 bridgehead atoms. The molecule has 4 heterocycles. The number of aromatic nitrogens is 2. The minimum absolute atomic E-state index is 0.0193. The first-order valence-corrected chi connectivity index (χ1v) is 11.3. The maximum Gasteiger partial charge on any atom is 0.265 e. The molecule has 0 aliphatic carbocycles. The Morgan fingerprint density at radius 2 is 2.14 bits per heavy atom. The Balaban J connectivity index is 1.62. The molecule has 3 aromatic heterocycles. The Labute approximate surface area is 177 Å². The third-order valence-corrected chi connectivity index (χ3v) is 7.37. The quantitative estimate of drug-likeness (QED) is 0.648. The summed E-state index contributed by atoms with van der Waals surface area (Å²) in [5, 5.41) is 7.71. The summed E-state index contributed by atoms with van der Waals surface area (Å²) >= 11 is 2.82. The first kappa shape index (κ1) is 19.8. The number of hydrogen-bond donors (Lipinski definition) is 2. The van der Waals surface area contributed by atoms with Crippen molar-refractivity contribution in [2.45, 2.75) is 26.2 Å². The van der Waals surface area contributed by atoms with Gasteiger partial charge in [0.25, 0.3) is 11.8 Å². The first-order chi connectivity index (χ1) is 14.0. The molecule has 1 saturated heterocycles. The van der Waals surface area contributed by atoms with Crippen molar-refractivity contribution in [2.75, 3.05) is 32.0 Å². The van der Waals surface area contributed by atoms with Crippen LogP contribution in [0.1, 0.15) is 49.9 Å². The van der Waals surface area contributed by atoms with E-state index in [4.69, 9.17) is 0 Å². The lowest BCUT2D eigenvalue weighted by Gasteiger charge is -2.16. The predicted molar refractivity (Wildman–Crippen MR) is 117 cm³/mol. The van der Waals surface area contributed by atoms with Crippen LogP contribution in [0.25, 0.3) is 10.2 Å². The van der Waals surface area contributed by atoms with Gasteiger partial charge < -0.3 is 15.5 Å². The normalized spacial score (nSPS) is 16.4. The molecule has 1 atom stereocenters. The largest absolute Gasteiger partial charge is 0.362 e. The number of carbonyl (C=O) groups is 2. The second-order valence-electron chi connectivity index (χ2n) is 6.98. The van der Waals surface area contributed by atoms with E-state index in [9.17, 15) is 9.59 Å². The zero-order valence-corrected chi connectivity index (χ0v) is 18.2. The number of nitrogens with one attached hydrogen (secondary N) is 2. The maximum absolute atomic E-state index is 13.1. The van der Waals surface area contributed by atoms with Crippen molar-refractivity contribution in [3.8, 4) is 0 Å². The van der Waals surface area contributed by atoms with Crippen LogP contribution in [0.15, 0.2) is 18.3 Å². The Kier molecular flexibility index (Phi) is 5.51. The molecule has 0 spiro atoms. The highest BCUT2D eigenvalue weighted by molar-refractivity contribution is 7.20. The fraction of sp³-hybridized carbons (Fsp3) is 0.400. The number of aryl methyl sites for hydroxylation is 1. The standard InChI is InChI=1S/C20H23N5O2S2/c1-4-22-20-24-11(2)15(29-20)19(27)25-9-7-12(10-25)14-13-6-5-8-23-18(13)28-16(14)17(26)21-3/h5-6,8,12H,4,7,9-10H2,1-3H3,(H,21,26)(H,22,24)/t12-/m0/s1. The molecule has 2 N–H and O–H groups in total. The van der Waals surface area contributed by atoms with Gasteiger partial charge in [-0.3, -0.25) is 9.59 Å². The van der Waals surface area contributed by atoms with Crippen molar-refractivity contribution in [1.82, 2.24) is 20.2 Å². The lowest BCUT2D eigenvalue weighted by Crippen LogP contribution is -2.28. The van der Waals surface area contributed by atoms with E-state index in [0.717, 1.165) is 39.6 Å². The van der Waals surface area contributed by atoms with Gasteiger partial charge >= 0.3 is 0 Å². The van der Waals surface area contributed by atoms with Gasteiger partial charge in [0, 0.05) is 44.2 Å². The first-order valence-electron chi connectivity index (χ1n) is 9.63. The highest BCUT2D eigenvalue weighted by Gasteiger charge is 2.34. The highest BCUT2D eigenvalue weighted by atomic mass is 32.1. The van der Waals surface area contributed by atoms with Gasteiger partial charge in [-0.1, -0.05) is 17.4 Å². The van der Waals surface area contributed by atoms with Crippen molar-refractivity contribution in [1.29, 1.82) is 0 Å². The number of pyridine rings is 1. The van der Waals surface area contributed by atoms with Crippen LogP contribution in [0, 0.1) is 6.92 Å². The predicted octanol–water partition coefficient (Wildman–Crippen LogP) is 3.48. The van der Waals surface area contributed by atoms with Crippen molar-refractivity contribution in [3.63, 3.8) is 0 Å². The monoisotopic (exact) mass is 429 g/mol. The van der Waals surface area contributed by atoms with Gasteiger partial charge in [-0.25, -0.2) is 9.97 Å². The highest BCUT2D eigenvalue weighted by Crippen LogP contribution is 2.40. The summed E-state index contributed by atoms with van der Waals surface area (Å²) in [5.41, 5.74) is 1.78. The molecule has 29 heavy (non-hydrogen) atoms. The van der Waals surface area contributed by atoms with Crippen LogP contribution in [0.5, 0.6) is 0 Å². The van der Waals surface area contributed by atoms with E-state index < -0.39 is 0 Å². The third kappa shape index (κ3) is 3.60. The summed E-state index contributed by atoms with van der Waals surface area (Å²) in [5.74, 6) is 0.0397. The topological polar surface area (TPSA) is 87.2 Å². The number of likely N-dealkylation sites (tertiary alicyclic amines) is 1. The van der Waals surface area contributed by atoms with Crippen LogP contribution in [0.4, 0.5) is 5.13 Å². The van der Waals surface area contributed by atoms with Gasteiger partial charge in [-0.05, 0) is 31.9 Å². The van der Waals surface area contributed by atoms with Gasteiger partial charge in [0.15, 0.2) is 5.13 Å². The van der Waals surface area contributed by atoms with Gasteiger partial charge in [-0.2, -0.15) is 0 Å². The minimum atomic E-state index is -0.0960. The van der Waals surface area contributed by atoms with Crippen molar-refractivity contribution in [3.05, 3.63) is 39.3 Å². The average molecular weight is 430 g/mol. The zero-order chi connectivity index (χ0) is 20.5. The molecule has 1 fully saturated rings. The van der Waals surface area contributed by atoms with Gasteiger partial charge in [0.1, 0.15) is 9.71 Å². The van der Waals surface area contributed by atoms with E-state index in [0.29, 0.717) is 22.8 Å². The van der Waals surface area contributed by atoms with Crippen LogP contribution in [-0.4, -0.2) is 53.4 Å². The molecule has 0 unspecified atom stereocenters. The van der Waals surface area contributed by atoms with Gasteiger partial charge in [0.2, 0.25) is 0 Å². The van der Waals surface area contributed by atoms with Gasteiger partial charge in [0.05, 0.1) is 10.6 Å². The van der Waals surface area contributed by atoms with Crippen molar-refractivity contribution in [2.24, 2.45) is 0 Å². The second kappa shape index (κ2) is 8.08. The van der Waals surface area contributed by atoms with Crippen molar-refractivity contribution < 1.29 is 9.59 Å². The number of anilines is 1. The fourth-order valence-corrected chi connectivity index (χ4v) is 5.96. The Bertz CT molecular complexity index is 1070. The fourth-order valence-electron chi connectivity index (χ4n) is 3.78. The Morgan fingerprint density at radius 3 is 2.90 bits per heavy atom. The molecule has 1 aliphatic rings. The molecule has 152 valence electrons. The van der Waals surface area contributed by atoms with E-state index in [-0.39, 0.29) is 17.7 Å². The van der Waals surface area contributed by atoms with Crippen LogP contribution >= 0.6 is 22.7 Å². The molecule has 1 aliphatic heterocycles. The number of fused-ring (bicyclic) bond motifs is 1. The summed E-state index contributed by atoms with van der Waals surface area (Å²) in [6.07, 6.45) is 2.57. The van der Waals surface area contributed by atoms with Crippen molar-refractivity contribution >= 4 is 49.8 Å². The SMILES string of the molecule is CCNc1nc(C)c(C(=O)N2CC[C@H](c3c(C(=O)NC)sc4ncccc34)C2)s1. The number of thiazole rings is 1. The van der Waals surface area contributed by atoms with E-state index in [2.05, 4.69) is 20.6 Å².